The minimum absolute atomic E-state index is 0.165. The highest BCUT2D eigenvalue weighted by atomic mass is 79.9. The van der Waals surface area contributed by atoms with Crippen LogP contribution in [-0.4, -0.2) is 44.9 Å². The van der Waals surface area contributed by atoms with Crippen LogP contribution in [0.3, 0.4) is 0 Å². The molecule has 3 aromatic rings. The molecule has 0 atom stereocenters. The standard InChI is InChI=1S/C27H26BrClN2O5S/c1-19-6-9-23(17-26(19)37(33,34)31-12-14-35-15-13-31)30-27(32)11-7-20-16-22(28)8-10-25(20)36-18-21-4-2-3-5-24(21)29/h2-11,16-17H,12-15,18H2,1H3,(H,30,32)/b11-7+. The molecule has 0 saturated carbocycles. The second kappa shape index (κ2) is 12.2. The van der Waals surface area contributed by atoms with Gasteiger partial charge in [0, 0.05) is 45.5 Å². The number of benzene rings is 3. The molecule has 1 fully saturated rings. The van der Waals surface area contributed by atoms with Crippen LogP contribution in [0.5, 0.6) is 5.75 Å². The van der Waals surface area contributed by atoms with Crippen molar-refractivity contribution in [1.29, 1.82) is 0 Å². The summed E-state index contributed by atoms with van der Waals surface area (Å²) in [6, 6.07) is 17.8. The fourth-order valence-corrected chi connectivity index (χ4v) is 6.01. The van der Waals surface area contributed by atoms with Gasteiger partial charge in [0.05, 0.1) is 18.1 Å². The fourth-order valence-electron chi connectivity index (χ4n) is 3.78. The zero-order valence-corrected chi connectivity index (χ0v) is 23.3. The van der Waals surface area contributed by atoms with Gasteiger partial charge in [-0.15, -0.1) is 0 Å². The van der Waals surface area contributed by atoms with Crippen molar-refractivity contribution in [3.63, 3.8) is 0 Å². The Hall–Kier alpha value is -2.69. The van der Waals surface area contributed by atoms with Gasteiger partial charge in [0.2, 0.25) is 15.9 Å². The van der Waals surface area contributed by atoms with Gasteiger partial charge in [-0.25, -0.2) is 8.42 Å². The maximum atomic E-state index is 13.1. The van der Waals surface area contributed by atoms with Crippen LogP contribution in [0.1, 0.15) is 16.7 Å². The topological polar surface area (TPSA) is 84.9 Å². The Kier molecular flexibility index (Phi) is 9.04. The second-order valence-corrected chi connectivity index (χ2v) is 11.6. The smallest absolute Gasteiger partial charge is 0.248 e. The molecule has 0 bridgehead atoms. The third-order valence-electron chi connectivity index (χ3n) is 5.77. The molecule has 0 aliphatic carbocycles. The number of hydrogen-bond acceptors (Lipinski definition) is 5. The van der Waals surface area contributed by atoms with Crippen LogP contribution >= 0.6 is 27.5 Å². The predicted octanol–water partition coefficient (Wildman–Crippen LogP) is 5.66. The lowest BCUT2D eigenvalue weighted by Crippen LogP contribution is -2.40. The third-order valence-corrected chi connectivity index (χ3v) is 8.67. The Balaban J connectivity index is 1.48. The van der Waals surface area contributed by atoms with Gasteiger partial charge in [-0.3, -0.25) is 4.79 Å². The lowest BCUT2D eigenvalue weighted by atomic mass is 10.1. The van der Waals surface area contributed by atoms with Crippen LogP contribution in [0.25, 0.3) is 6.08 Å². The Morgan fingerprint density at radius 3 is 2.65 bits per heavy atom. The number of nitrogens with zero attached hydrogens (tertiary/aromatic N) is 1. The molecule has 1 aliphatic heterocycles. The quantitative estimate of drug-likeness (QED) is 0.335. The van der Waals surface area contributed by atoms with Crippen LogP contribution in [0.4, 0.5) is 5.69 Å². The molecule has 194 valence electrons. The highest BCUT2D eigenvalue weighted by Gasteiger charge is 2.28. The normalized spacial score (nSPS) is 14.6. The van der Waals surface area contributed by atoms with E-state index in [0.717, 1.165) is 10.0 Å². The molecule has 37 heavy (non-hydrogen) atoms. The first kappa shape index (κ1) is 27.3. The van der Waals surface area contributed by atoms with Gasteiger partial charge in [0.25, 0.3) is 0 Å². The number of sulfonamides is 1. The van der Waals surface area contributed by atoms with Crippen molar-refractivity contribution < 1.29 is 22.7 Å². The minimum Gasteiger partial charge on any atom is -0.488 e. The van der Waals surface area contributed by atoms with E-state index < -0.39 is 15.9 Å². The number of amides is 1. The number of nitrogens with one attached hydrogen (secondary N) is 1. The summed E-state index contributed by atoms with van der Waals surface area (Å²) >= 11 is 9.68. The highest BCUT2D eigenvalue weighted by molar-refractivity contribution is 9.10. The maximum Gasteiger partial charge on any atom is 0.248 e. The van der Waals surface area contributed by atoms with E-state index in [1.54, 1.807) is 37.3 Å². The molecule has 3 aromatic carbocycles. The van der Waals surface area contributed by atoms with Crippen molar-refractivity contribution in [1.82, 2.24) is 4.31 Å². The lowest BCUT2D eigenvalue weighted by molar-refractivity contribution is -0.111. The zero-order chi connectivity index (χ0) is 26.4. The molecule has 0 unspecified atom stereocenters. The Morgan fingerprint density at radius 2 is 1.89 bits per heavy atom. The van der Waals surface area contributed by atoms with E-state index in [-0.39, 0.29) is 11.5 Å². The summed E-state index contributed by atoms with van der Waals surface area (Å²) < 4.78 is 39.7. The Morgan fingerprint density at radius 1 is 1.14 bits per heavy atom. The molecule has 0 aromatic heterocycles. The first-order valence-corrected chi connectivity index (χ1v) is 14.2. The van der Waals surface area contributed by atoms with E-state index in [0.29, 0.717) is 53.9 Å². The average Bonchev–Trinajstić information content (AvgIpc) is 2.89. The van der Waals surface area contributed by atoms with Crippen molar-refractivity contribution in [2.75, 3.05) is 31.6 Å². The minimum atomic E-state index is -3.70. The third kappa shape index (κ3) is 7.00. The van der Waals surface area contributed by atoms with Gasteiger partial charge in [-0.05, 0) is 55.0 Å². The van der Waals surface area contributed by atoms with E-state index >= 15 is 0 Å². The van der Waals surface area contributed by atoms with Crippen molar-refractivity contribution in [3.8, 4) is 5.75 Å². The first-order valence-electron chi connectivity index (χ1n) is 11.6. The van der Waals surface area contributed by atoms with Crippen LogP contribution in [0.2, 0.25) is 5.02 Å². The van der Waals surface area contributed by atoms with Gasteiger partial charge < -0.3 is 14.8 Å². The molecular weight excluding hydrogens is 580 g/mol. The number of aryl methyl sites for hydroxylation is 1. The molecule has 0 spiro atoms. The molecule has 1 saturated heterocycles. The predicted molar refractivity (Wildman–Crippen MR) is 148 cm³/mol. The van der Waals surface area contributed by atoms with E-state index in [1.807, 2.05) is 30.3 Å². The second-order valence-electron chi connectivity index (χ2n) is 8.38. The molecule has 1 N–H and O–H groups in total. The van der Waals surface area contributed by atoms with Crippen LogP contribution in [-0.2, 0) is 26.2 Å². The van der Waals surface area contributed by atoms with Gasteiger partial charge in [0.1, 0.15) is 12.4 Å². The van der Waals surface area contributed by atoms with Gasteiger partial charge in [0.15, 0.2) is 0 Å². The summed E-state index contributed by atoms with van der Waals surface area (Å²) in [6.07, 6.45) is 3.02. The average molecular weight is 606 g/mol. The summed E-state index contributed by atoms with van der Waals surface area (Å²) in [5, 5.41) is 3.37. The number of rotatable bonds is 8. The van der Waals surface area contributed by atoms with Crippen molar-refractivity contribution >= 4 is 55.2 Å². The lowest BCUT2D eigenvalue weighted by Gasteiger charge is -2.26. The largest absolute Gasteiger partial charge is 0.488 e. The summed E-state index contributed by atoms with van der Waals surface area (Å²) in [5.74, 6) is 0.178. The SMILES string of the molecule is Cc1ccc(NC(=O)/C=C/c2cc(Br)ccc2OCc2ccccc2Cl)cc1S(=O)(=O)N1CCOCC1. The molecule has 1 aliphatic rings. The van der Waals surface area contributed by atoms with Crippen molar-refractivity contribution in [2.24, 2.45) is 0 Å². The van der Waals surface area contributed by atoms with Crippen LogP contribution < -0.4 is 10.1 Å². The number of ether oxygens (including phenoxy) is 2. The van der Waals surface area contributed by atoms with Crippen molar-refractivity contribution in [2.45, 2.75) is 18.4 Å². The van der Waals surface area contributed by atoms with E-state index in [9.17, 15) is 13.2 Å². The highest BCUT2D eigenvalue weighted by Crippen LogP contribution is 2.27. The van der Waals surface area contributed by atoms with Gasteiger partial charge >= 0.3 is 0 Å². The maximum absolute atomic E-state index is 13.1. The Bertz CT molecular complexity index is 1420. The summed E-state index contributed by atoms with van der Waals surface area (Å²) in [4.78, 5) is 12.9. The summed E-state index contributed by atoms with van der Waals surface area (Å²) in [5.41, 5.74) is 2.53. The molecule has 10 heteroatoms. The van der Waals surface area contributed by atoms with Gasteiger partial charge in [-0.1, -0.05) is 51.8 Å². The first-order chi connectivity index (χ1) is 17.7. The fraction of sp³-hybridized carbons (Fsp3) is 0.222. The van der Waals surface area contributed by atoms with Gasteiger partial charge in [-0.2, -0.15) is 4.31 Å². The number of anilines is 1. The molecule has 1 heterocycles. The molecule has 4 rings (SSSR count). The van der Waals surface area contributed by atoms with E-state index in [4.69, 9.17) is 21.1 Å². The van der Waals surface area contributed by atoms with Crippen LogP contribution in [0.15, 0.2) is 76.1 Å². The summed E-state index contributed by atoms with van der Waals surface area (Å²) in [6.45, 7) is 3.33. The van der Waals surface area contributed by atoms with Crippen LogP contribution in [0, 0.1) is 6.92 Å². The number of carbonyl (C=O) groups excluding carboxylic acids is 1. The van der Waals surface area contributed by atoms with E-state index in [2.05, 4.69) is 21.2 Å². The number of halogens is 2. The van der Waals surface area contributed by atoms with E-state index in [1.165, 1.54) is 16.4 Å². The molecule has 7 nitrogen and oxygen atoms in total. The Labute approximate surface area is 230 Å². The number of carbonyl (C=O) groups is 1. The molecular formula is C27H26BrClN2O5S. The number of hydrogen-bond donors (Lipinski definition) is 1. The number of morpholine rings is 1. The molecule has 0 radical (unpaired) electrons. The summed E-state index contributed by atoms with van der Waals surface area (Å²) in [7, 11) is -3.70. The van der Waals surface area contributed by atoms with Crippen molar-refractivity contribution in [3.05, 3.63) is 92.9 Å². The monoisotopic (exact) mass is 604 g/mol. The molecule has 1 amide bonds. The zero-order valence-electron chi connectivity index (χ0n) is 20.1.